The van der Waals surface area contributed by atoms with E-state index in [1.165, 1.54) is 18.6 Å². The number of benzene rings is 2. The highest BCUT2D eigenvalue weighted by Crippen LogP contribution is 2.29. The largest absolute Gasteiger partial charge is 0.490 e. The Morgan fingerprint density at radius 2 is 1.67 bits per heavy atom. The number of ether oxygens (including phenoxy) is 1. The lowest BCUT2D eigenvalue weighted by atomic mass is 9.97. The second kappa shape index (κ2) is 9.84. The Bertz CT molecular complexity index is 1140. The van der Waals surface area contributed by atoms with E-state index < -0.39 is 9.84 Å². The van der Waals surface area contributed by atoms with Crippen molar-refractivity contribution in [2.75, 3.05) is 37.3 Å². The van der Waals surface area contributed by atoms with Crippen molar-refractivity contribution in [2.24, 2.45) is 0 Å². The molecule has 0 unspecified atom stereocenters. The number of anilines is 1. The summed E-state index contributed by atoms with van der Waals surface area (Å²) in [5, 5.41) is 8.98. The van der Waals surface area contributed by atoms with Gasteiger partial charge in [-0.15, -0.1) is 0 Å². The standard InChI is InChI=1S/C25H29N3O4S/c1-33(30,31)22-11-12-24(32-21-5-3-2-4-6-21)23(17-22)25(29)28-15-13-27(14-16-28)20-9-7-19(18-26)8-10-20/h7-12,17,21H,2-6,13-16H2,1H3. The zero-order valence-corrected chi connectivity index (χ0v) is 19.7. The van der Waals surface area contributed by atoms with E-state index >= 15 is 0 Å². The van der Waals surface area contributed by atoms with E-state index in [4.69, 9.17) is 10.00 Å². The fourth-order valence-corrected chi connectivity index (χ4v) is 5.10. The van der Waals surface area contributed by atoms with Crippen LogP contribution in [0.4, 0.5) is 5.69 Å². The summed E-state index contributed by atoms with van der Waals surface area (Å²) in [6.45, 7) is 2.35. The summed E-state index contributed by atoms with van der Waals surface area (Å²) >= 11 is 0. The van der Waals surface area contributed by atoms with Crippen LogP contribution in [0, 0.1) is 11.3 Å². The highest BCUT2D eigenvalue weighted by molar-refractivity contribution is 7.90. The maximum atomic E-state index is 13.5. The van der Waals surface area contributed by atoms with E-state index in [1.54, 1.807) is 23.1 Å². The predicted octanol–water partition coefficient (Wildman–Crippen LogP) is 3.64. The molecule has 4 rings (SSSR count). The number of nitrogens with zero attached hydrogens (tertiary/aromatic N) is 3. The molecule has 0 aromatic heterocycles. The van der Waals surface area contributed by atoms with Gasteiger partial charge in [-0.2, -0.15) is 5.26 Å². The minimum atomic E-state index is -3.45. The SMILES string of the molecule is CS(=O)(=O)c1ccc(OC2CCCCC2)c(C(=O)N2CCN(c3ccc(C#N)cc3)CC2)c1. The smallest absolute Gasteiger partial charge is 0.257 e. The average Bonchev–Trinajstić information content (AvgIpc) is 2.84. The van der Waals surface area contributed by atoms with E-state index in [0.717, 1.165) is 37.6 Å². The summed E-state index contributed by atoms with van der Waals surface area (Å²) in [6, 6.07) is 14.1. The highest BCUT2D eigenvalue weighted by Gasteiger charge is 2.27. The van der Waals surface area contributed by atoms with Crippen molar-refractivity contribution in [1.82, 2.24) is 4.90 Å². The van der Waals surface area contributed by atoms with Gasteiger partial charge in [-0.05, 0) is 68.1 Å². The quantitative estimate of drug-likeness (QED) is 0.667. The van der Waals surface area contributed by atoms with Crippen LogP contribution in [-0.2, 0) is 9.84 Å². The van der Waals surface area contributed by atoms with Gasteiger partial charge in [0.2, 0.25) is 0 Å². The normalized spacial score (nSPS) is 17.5. The molecule has 1 heterocycles. The number of nitriles is 1. The van der Waals surface area contributed by atoms with Crippen molar-refractivity contribution in [3.63, 3.8) is 0 Å². The molecule has 2 aromatic rings. The van der Waals surface area contributed by atoms with Gasteiger partial charge in [0.25, 0.3) is 5.91 Å². The Morgan fingerprint density at radius 3 is 2.27 bits per heavy atom. The van der Waals surface area contributed by atoms with Gasteiger partial charge < -0.3 is 14.5 Å². The number of hydrogen-bond donors (Lipinski definition) is 0. The molecule has 0 radical (unpaired) electrons. The molecule has 1 aliphatic carbocycles. The lowest BCUT2D eigenvalue weighted by Gasteiger charge is -2.36. The summed E-state index contributed by atoms with van der Waals surface area (Å²) < 4.78 is 30.5. The van der Waals surface area contributed by atoms with Gasteiger partial charge in [0.05, 0.1) is 28.2 Å². The Morgan fingerprint density at radius 1 is 1.00 bits per heavy atom. The van der Waals surface area contributed by atoms with Gasteiger partial charge in [-0.1, -0.05) is 6.42 Å². The first-order valence-corrected chi connectivity index (χ1v) is 13.3. The second-order valence-corrected chi connectivity index (χ2v) is 10.8. The van der Waals surface area contributed by atoms with E-state index in [-0.39, 0.29) is 16.9 Å². The molecule has 1 saturated heterocycles. The molecule has 0 N–H and O–H groups in total. The molecule has 8 heteroatoms. The summed E-state index contributed by atoms with van der Waals surface area (Å²) in [7, 11) is -3.45. The van der Waals surface area contributed by atoms with Crippen LogP contribution >= 0.6 is 0 Å². The maximum absolute atomic E-state index is 13.5. The van der Waals surface area contributed by atoms with E-state index in [2.05, 4.69) is 11.0 Å². The maximum Gasteiger partial charge on any atom is 0.257 e. The van der Waals surface area contributed by atoms with Crippen LogP contribution in [0.3, 0.4) is 0 Å². The average molecular weight is 468 g/mol. The van der Waals surface area contributed by atoms with Crippen molar-refractivity contribution < 1.29 is 17.9 Å². The molecule has 2 fully saturated rings. The predicted molar refractivity (Wildman–Crippen MR) is 126 cm³/mol. The fourth-order valence-electron chi connectivity index (χ4n) is 4.46. The van der Waals surface area contributed by atoms with Gasteiger partial charge in [-0.25, -0.2) is 8.42 Å². The second-order valence-electron chi connectivity index (χ2n) is 8.75. The van der Waals surface area contributed by atoms with Crippen molar-refractivity contribution >= 4 is 21.4 Å². The monoisotopic (exact) mass is 467 g/mol. The van der Waals surface area contributed by atoms with Crippen molar-refractivity contribution in [1.29, 1.82) is 5.26 Å². The third kappa shape index (κ3) is 5.48. The molecule has 0 atom stereocenters. The van der Waals surface area contributed by atoms with Crippen LogP contribution in [0.15, 0.2) is 47.4 Å². The van der Waals surface area contributed by atoms with Crippen molar-refractivity contribution in [2.45, 2.75) is 43.1 Å². The first kappa shape index (κ1) is 23.1. The third-order valence-corrected chi connectivity index (χ3v) is 7.49. The van der Waals surface area contributed by atoms with E-state index in [1.807, 2.05) is 12.1 Å². The van der Waals surface area contributed by atoms with Gasteiger partial charge in [0, 0.05) is 38.1 Å². The van der Waals surface area contributed by atoms with Crippen molar-refractivity contribution in [3.05, 3.63) is 53.6 Å². The highest BCUT2D eigenvalue weighted by atomic mass is 32.2. The zero-order valence-electron chi connectivity index (χ0n) is 18.9. The number of carbonyl (C=O) groups excluding carboxylic acids is 1. The molecule has 33 heavy (non-hydrogen) atoms. The molecule has 0 bridgehead atoms. The lowest BCUT2D eigenvalue weighted by molar-refractivity contribution is 0.0735. The summed E-state index contributed by atoms with van der Waals surface area (Å²) in [5.74, 6) is 0.264. The molecule has 2 aliphatic rings. The van der Waals surface area contributed by atoms with Crippen LogP contribution < -0.4 is 9.64 Å². The Kier molecular flexibility index (Phi) is 6.89. The van der Waals surface area contributed by atoms with Crippen LogP contribution in [0.25, 0.3) is 0 Å². The minimum absolute atomic E-state index is 0.0580. The number of amides is 1. The molecule has 2 aromatic carbocycles. The van der Waals surface area contributed by atoms with Gasteiger partial charge in [-0.3, -0.25) is 4.79 Å². The molecule has 1 amide bonds. The zero-order chi connectivity index (χ0) is 23.4. The fraction of sp³-hybridized carbons (Fsp3) is 0.440. The molecule has 7 nitrogen and oxygen atoms in total. The molecular formula is C25H29N3O4S. The molecular weight excluding hydrogens is 438 g/mol. The van der Waals surface area contributed by atoms with Crippen LogP contribution in [0.5, 0.6) is 5.75 Å². The Hall–Kier alpha value is -3.05. The van der Waals surface area contributed by atoms with Gasteiger partial charge in [0.1, 0.15) is 5.75 Å². The van der Waals surface area contributed by atoms with E-state index in [9.17, 15) is 13.2 Å². The van der Waals surface area contributed by atoms with Crippen LogP contribution in [0.1, 0.15) is 48.0 Å². The van der Waals surface area contributed by atoms with E-state index in [0.29, 0.717) is 43.1 Å². The number of rotatable bonds is 5. The Labute approximate surface area is 195 Å². The topological polar surface area (TPSA) is 90.7 Å². The number of piperazine rings is 1. The lowest BCUT2D eigenvalue weighted by Crippen LogP contribution is -2.49. The van der Waals surface area contributed by atoms with Gasteiger partial charge in [0.15, 0.2) is 9.84 Å². The van der Waals surface area contributed by atoms with Crippen LogP contribution in [-0.4, -0.2) is 57.8 Å². The Balaban J connectivity index is 1.51. The number of hydrogen-bond acceptors (Lipinski definition) is 6. The first-order chi connectivity index (χ1) is 15.8. The van der Waals surface area contributed by atoms with Gasteiger partial charge >= 0.3 is 0 Å². The number of carbonyl (C=O) groups is 1. The number of sulfone groups is 1. The summed E-state index contributed by atoms with van der Waals surface area (Å²) in [6.07, 6.45) is 6.51. The third-order valence-electron chi connectivity index (χ3n) is 6.38. The minimum Gasteiger partial charge on any atom is -0.490 e. The molecule has 1 saturated carbocycles. The van der Waals surface area contributed by atoms with Crippen LogP contribution in [0.2, 0.25) is 0 Å². The summed E-state index contributed by atoms with van der Waals surface area (Å²) in [4.78, 5) is 17.5. The molecule has 174 valence electrons. The summed E-state index contributed by atoms with van der Waals surface area (Å²) in [5.41, 5.74) is 1.95. The first-order valence-electron chi connectivity index (χ1n) is 11.4. The van der Waals surface area contributed by atoms with Crippen molar-refractivity contribution in [3.8, 4) is 11.8 Å². The molecule has 1 aliphatic heterocycles. The molecule has 0 spiro atoms.